The highest BCUT2D eigenvalue weighted by atomic mass is 16.3. The fourth-order valence-corrected chi connectivity index (χ4v) is 4.64. The van der Waals surface area contributed by atoms with Crippen molar-refractivity contribution in [3.63, 3.8) is 0 Å². The van der Waals surface area contributed by atoms with Crippen LogP contribution in [0.15, 0.2) is 64.8 Å². The van der Waals surface area contributed by atoms with Crippen LogP contribution in [0.5, 0.6) is 0 Å². The van der Waals surface area contributed by atoms with Gasteiger partial charge in [0.05, 0.1) is 18.2 Å². The topological polar surface area (TPSA) is 77.3 Å². The Morgan fingerprint density at radius 1 is 1.13 bits per heavy atom. The van der Waals surface area contributed by atoms with Crippen LogP contribution in [0.2, 0.25) is 0 Å². The van der Waals surface area contributed by atoms with Crippen LogP contribution in [0, 0.1) is 0 Å². The zero-order valence-electron chi connectivity index (χ0n) is 18.3. The third-order valence-corrected chi connectivity index (χ3v) is 6.35. The Morgan fingerprint density at radius 2 is 1.87 bits per heavy atom. The summed E-state index contributed by atoms with van der Waals surface area (Å²) in [5.74, 6) is 0.0198. The predicted octanol–water partition coefficient (Wildman–Crippen LogP) is 3.77. The van der Waals surface area contributed by atoms with Crippen LogP contribution in [-0.2, 0) is 6.42 Å². The number of nitrogens with one attached hydrogen (secondary N) is 1. The average Bonchev–Trinajstić information content (AvgIpc) is 3.42. The molecule has 6 heteroatoms. The lowest BCUT2D eigenvalue weighted by Gasteiger charge is -2.21. The Balaban J connectivity index is 1.28. The Bertz CT molecular complexity index is 899. The molecule has 1 amide bonds. The molecule has 2 aliphatic heterocycles. The number of nitrogens with zero attached hydrogens (tertiary/aromatic N) is 3. The van der Waals surface area contributed by atoms with E-state index in [2.05, 4.69) is 15.5 Å². The van der Waals surface area contributed by atoms with Gasteiger partial charge in [-0.3, -0.25) is 4.79 Å². The highest BCUT2D eigenvalue weighted by Crippen LogP contribution is 2.26. The highest BCUT2D eigenvalue weighted by molar-refractivity contribution is 5.94. The lowest BCUT2D eigenvalue weighted by Crippen LogP contribution is -2.35. The van der Waals surface area contributed by atoms with Gasteiger partial charge in [0.15, 0.2) is 0 Å². The van der Waals surface area contributed by atoms with Gasteiger partial charge in [0.25, 0.3) is 5.91 Å². The van der Waals surface area contributed by atoms with Crippen molar-refractivity contribution in [3.05, 3.63) is 71.3 Å². The van der Waals surface area contributed by atoms with Crippen molar-refractivity contribution in [3.8, 4) is 0 Å². The molecule has 1 saturated heterocycles. The first kappa shape index (κ1) is 21.7. The standard InChI is InChI=1S/C25H32N4O2/c1-17-14-22(28-27-17)16-29(2)25(31)20-10-8-18(9-11-20)15-21-12-13-23(26-21)24(30)19-6-4-3-5-7-19/h3-11,17,21-24,26,30H,12-16H2,1-2H3. The molecule has 0 saturated carbocycles. The van der Waals surface area contributed by atoms with Gasteiger partial charge in [-0.25, -0.2) is 0 Å². The molecule has 31 heavy (non-hydrogen) atoms. The number of benzene rings is 2. The van der Waals surface area contributed by atoms with E-state index in [1.807, 2.05) is 68.6 Å². The van der Waals surface area contributed by atoms with Crippen molar-refractivity contribution in [2.45, 2.75) is 62.9 Å². The van der Waals surface area contributed by atoms with E-state index in [1.165, 1.54) is 5.56 Å². The van der Waals surface area contributed by atoms with Gasteiger partial charge in [0.2, 0.25) is 0 Å². The smallest absolute Gasteiger partial charge is 0.253 e. The SMILES string of the molecule is CC1CC(CN(C)C(=O)c2ccc(CC3CCC(C(O)c4ccccc4)N3)cc2)N=N1. The van der Waals surface area contributed by atoms with Crippen molar-refractivity contribution < 1.29 is 9.90 Å². The third kappa shape index (κ3) is 5.38. The fraction of sp³-hybridized carbons (Fsp3) is 0.480. The van der Waals surface area contributed by atoms with E-state index in [0.29, 0.717) is 18.2 Å². The minimum atomic E-state index is -0.482. The molecule has 2 aromatic carbocycles. The van der Waals surface area contributed by atoms with Crippen molar-refractivity contribution in [1.82, 2.24) is 10.2 Å². The van der Waals surface area contributed by atoms with E-state index in [9.17, 15) is 9.90 Å². The largest absolute Gasteiger partial charge is 0.387 e. The normalized spacial score (nSPS) is 26.2. The second kappa shape index (κ2) is 9.71. The number of carbonyl (C=O) groups excluding carboxylic acids is 1. The van der Waals surface area contributed by atoms with Crippen molar-refractivity contribution in [1.29, 1.82) is 0 Å². The Morgan fingerprint density at radius 3 is 2.55 bits per heavy atom. The number of azo groups is 1. The molecule has 0 aromatic heterocycles. The van der Waals surface area contributed by atoms with Crippen LogP contribution in [0.1, 0.15) is 53.8 Å². The third-order valence-electron chi connectivity index (χ3n) is 6.35. The van der Waals surface area contributed by atoms with Crippen LogP contribution in [-0.4, -0.2) is 53.7 Å². The minimum Gasteiger partial charge on any atom is -0.387 e. The summed E-state index contributed by atoms with van der Waals surface area (Å²) in [6, 6.07) is 18.5. The average molecular weight is 421 g/mol. The van der Waals surface area contributed by atoms with E-state index in [4.69, 9.17) is 0 Å². The van der Waals surface area contributed by atoms with Gasteiger partial charge < -0.3 is 15.3 Å². The van der Waals surface area contributed by atoms with Gasteiger partial charge in [0.1, 0.15) is 0 Å². The maximum absolute atomic E-state index is 12.7. The van der Waals surface area contributed by atoms with E-state index >= 15 is 0 Å². The van der Waals surface area contributed by atoms with Crippen molar-refractivity contribution >= 4 is 5.91 Å². The number of aliphatic hydroxyl groups is 1. The number of hydrogen-bond donors (Lipinski definition) is 2. The molecule has 4 rings (SSSR count). The van der Waals surface area contributed by atoms with Gasteiger partial charge >= 0.3 is 0 Å². The highest BCUT2D eigenvalue weighted by Gasteiger charge is 2.30. The first-order valence-electron chi connectivity index (χ1n) is 11.2. The molecular formula is C25H32N4O2. The molecule has 164 valence electrons. The summed E-state index contributed by atoms with van der Waals surface area (Å²) >= 11 is 0. The number of aliphatic hydroxyl groups excluding tert-OH is 1. The zero-order valence-corrected chi connectivity index (χ0v) is 18.3. The van der Waals surface area contributed by atoms with Crippen LogP contribution in [0.4, 0.5) is 0 Å². The lowest BCUT2D eigenvalue weighted by atomic mass is 10.0. The summed E-state index contributed by atoms with van der Waals surface area (Å²) in [4.78, 5) is 14.5. The molecule has 5 unspecified atom stereocenters. The van der Waals surface area contributed by atoms with E-state index < -0.39 is 6.10 Å². The number of carbonyl (C=O) groups is 1. The van der Waals surface area contributed by atoms with E-state index in [0.717, 1.165) is 31.2 Å². The molecule has 2 aromatic rings. The summed E-state index contributed by atoms with van der Waals surface area (Å²) < 4.78 is 0. The van der Waals surface area contributed by atoms with Crippen LogP contribution in [0.25, 0.3) is 0 Å². The first-order valence-corrected chi connectivity index (χ1v) is 11.2. The molecule has 0 aliphatic carbocycles. The first-order chi connectivity index (χ1) is 15.0. The number of likely N-dealkylation sites (N-methyl/N-ethyl adjacent to an activating group) is 1. The van der Waals surface area contributed by atoms with Crippen LogP contribution in [0.3, 0.4) is 0 Å². The monoisotopic (exact) mass is 420 g/mol. The molecule has 1 fully saturated rings. The van der Waals surface area contributed by atoms with E-state index in [-0.39, 0.29) is 24.0 Å². The Hall–Kier alpha value is -2.57. The molecule has 0 radical (unpaired) electrons. The molecule has 5 atom stereocenters. The summed E-state index contributed by atoms with van der Waals surface area (Å²) in [7, 11) is 1.83. The Labute approximate surface area is 184 Å². The number of hydrogen-bond acceptors (Lipinski definition) is 5. The summed E-state index contributed by atoms with van der Waals surface area (Å²) in [5, 5.41) is 22.7. The number of amides is 1. The van der Waals surface area contributed by atoms with Gasteiger partial charge in [-0.1, -0.05) is 42.5 Å². The maximum atomic E-state index is 12.7. The quantitative estimate of drug-likeness (QED) is 0.716. The second-order valence-electron chi connectivity index (χ2n) is 8.96. The molecular weight excluding hydrogens is 388 g/mol. The van der Waals surface area contributed by atoms with Gasteiger partial charge in [-0.15, -0.1) is 0 Å². The van der Waals surface area contributed by atoms with Gasteiger partial charge in [-0.2, -0.15) is 10.2 Å². The van der Waals surface area contributed by atoms with Crippen molar-refractivity contribution in [2.24, 2.45) is 10.2 Å². The number of rotatable bonds is 7. The molecule has 0 spiro atoms. The van der Waals surface area contributed by atoms with Crippen LogP contribution >= 0.6 is 0 Å². The Kier molecular flexibility index (Phi) is 6.78. The summed E-state index contributed by atoms with van der Waals surface area (Å²) in [6.45, 7) is 2.65. The van der Waals surface area contributed by atoms with E-state index in [1.54, 1.807) is 4.90 Å². The minimum absolute atomic E-state index is 0.0198. The second-order valence-corrected chi connectivity index (χ2v) is 8.96. The van der Waals surface area contributed by atoms with Crippen molar-refractivity contribution in [2.75, 3.05) is 13.6 Å². The molecule has 2 aliphatic rings. The maximum Gasteiger partial charge on any atom is 0.253 e. The lowest BCUT2D eigenvalue weighted by molar-refractivity contribution is 0.0787. The zero-order chi connectivity index (χ0) is 21.8. The fourth-order valence-electron chi connectivity index (χ4n) is 4.64. The van der Waals surface area contributed by atoms with Crippen LogP contribution < -0.4 is 5.32 Å². The predicted molar refractivity (Wildman–Crippen MR) is 121 cm³/mol. The van der Waals surface area contributed by atoms with Gasteiger partial charge in [-0.05, 0) is 55.9 Å². The van der Waals surface area contributed by atoms with Gasteiger partial charge in [0, 0.05) is 31.2 Å². The molecule has 6 nitrogen and oxygen atoms in total. The summed E-state index contributed by atoms with van der Waals surface area (Å²) in [6.07, 6.45) is 3.31. The molecule has 2 heterocycles. The molecule has 0 bridgehead atoms. The summed E-state index contributed by atoms with van der Waals surface area (Å²) in [5.41, 5.74) is 2.86. The molecule has 2 N–H and O–H groups in total.